The maximum Gasteiger partial charge on any atom is 0.216 e. The number of benzene rings is 1. The van der Waals surface area contributed by atoms with E-state index in [9.17, 15) is 4.79 Å². The molecule has 0 fully saturated rings. The number of carbonyl (C=O) groups excluding carboxylic acids is 1. The Morgan fingerprint density at radius 2 is 2.07 bits per heavy atom. The molecule has 1 N–H and O–H groups in total. The van der Waals surface area contributed by atoms with E-state index in [0.29, 0.717) is 0 Å². The van der Waals surface area contributed by atoms with Crippen molar-refractivity contribution in [3.63, 3.8) is 0 Å². The highest BCUT2D eigenvalue weighted by Crippen LogP contribution is 2.05. The van der Waals surface area contributed by atoms with Gasteiger partial charge >= 0.3 is 0 Å². The smallest absolute Gasteiger partial charge is 0.216 e. The summed E-state index contributed by atoms with van der Waals surface area (Å²) < 4.78 is 0. The van der Waals surface area contributed by atoms with E-state index in [0.717, 1.165) is 19.4 Å². The Balaban J connectivity index is 2.46. The quantitative estimate of drug-likeness (QED) is 0.774. The van der Waals surface area contributed by atoms with Gasteiger partial charge in [-0.3, -0.25) is 4.79 Å². The van der Waals surface area contributed by atoms with E-state index >= 15 is 0 Å². The van der Waals surface area contributed by atoms with Crippen molar-refractivity contribution in [2.75, 3.05) is 6.54 Å². The molecule has 0 aromatic heterocycles. The summed E-state index contributed by atoms with van der Waals surface area (Å²) in [5, 5.41) is 2.79. The molecule has 0 bridgehead atoms. The van der Waals surface area contributed by atoms with E-state index in [2.05, 4.69) is 36.5 Å². The highest BCUT2D eigenvalue weighted by Gasteiger charge is 1.95. The maximum atomic E-state index is 10.6. The van der Waals surface area contributed by atoms with Gasteiger partial charge in [-0.15, -0.1) is 0 Å². The first-order valence-corrected chi connectivity index (χ1v) is 5.04. The van der Waals surface area contributed by atoms with Crippen LogP contribution in [0.2, 0.25) is 0 Å². The molecule has 0 atom stereocenters. The predicted octanol–water partition coefficient (Wildman–Crippen LogP) is 1.93. The molecule has 1 aromatic rings. The van der Waals surface area contributed by atoms with Gasteiger partial charge in [-0.2, -0.15) is 0 Å². The first kappa shape index (κ1) is 10.8. The number of hydrogen-bond acceptors (Lipinski definition) is 1. The van der Waals surface area contributed by atoms with Crippen LogP contribution in [-0.4, -0.2) is 12.5 Å². The number of hydrogen-bond donors (Lipinski definition) is 1. The van der Waals surface area contributed by atoms with Crippen LogP contribution in [0.1, 0.15) is 25.0 Å². The van der Waals surface area contributed by atoms with Crippen LogP contribution in [0.3, 0.4) is 0 Å². The van der Waals surface area contributed by atoms with Gasteiger partial charge < -0.3 is 5.32 Å². The lowest BCUT2D eigenvalue weighted by Crippen LogP contribution is -2.22. The van der Waals surface area contributed by atoms with Gasteiger partial charge in [0.15, 0.2) is 0 Å². The fourth-order valence-electron chi connectivity index (χ4n) is 1.39. The topological polar surface area (TPSA) is 29.1 Å². The van der Waals surface area contributed by atoms with Crippen LogP contribution < -0.4 is 5.32 Å². The zero-order valence-electron chi connectivity index (χ0n) is 8.84. The average molecular weight is 191 g/mol. The lowest BCUT2D eigenvalue weighted by molar-refractivity contribution is -0.118. The summed E-state index contributed by atoms with van der Waals surface area (Å²) in [7, 11) is 0. The van der Waals surface area contributed by atoms with E-state index in [1.165, 1.54) is 11.1 Å². The van der Waals surface area contributed by atoms with Gasteiger partial charge in [0.05, 0.1) is 0 Å². The van der Waals surface area contributed by atoms with Crippen molar-refractivity contribution in [2.24, 2.45) is 0 Å². The molecule has 2 nitrogen and oxygen atoms in total. The van der Waals surface area contributed by atoms with Gasteiger partial charge in [-0.05, 0) is 24.0 Å². The summed E-state index contributed by atoms with van der Waals surface area (Å²) in [4.78, 5) is 10.6. The van der Waals surface area contributed by atoms with Crippen LogP contribution in [0.15, 0.2) is 24.3 Å². The third kappa shape index (κ3) is 3.60. The minimum Gasteiger partial charge on any atom is -0.356 e. The summed E-state index contributed by atoms with van der Waals surface area (Å²) in [5.41, 5.74) is 2.64. The molecule has 0 spiro atoms. The van der Waals surface area contributed by atoms with Crippen LogP contribution in [0.5, 0.6) is 0 Å². The highest BCUT2D eigenvalue weighted by atomic mass is 16.1. The molecule has 14 heavy (non-hydrogen) atoms. The van der Waals surface area contributed by atoms with Crippen LogP contribution in [0, 0.1) is 0 Å². The minimum atomic E-state index is 0.0386. The van der Waals surface area contributed by atoms with Gasteiger partial charge in [-0.1, -0.05) is 31.2 Å². The minimum absolute atomic E-state index is 0.0386. The molecular weight excluding hydrogens is 174 g/mol. The van der Waals surface area contributed by atoms with Gasteiger partial charge in [0.2, 0.25) is 5.91 Å². The van der Waals surface area contributed by atoms with Crippen LogP contribution in [-0.2, 0) is 17.6 Å². The van der Waals surface area contributed by atoms with Crippen LogP contribution in [0.4, 0.5) is 0 Å². The third-order valence-electron chi connectivity index (χ3n) is 2.19. The zero-order valence-corrected chi connectivity index (χ0v) is 8.84. The Hall–Kier alpha value is -1.31. The molecule has 0 aliphatic heterocycles. The normalized spacial score (nSPS) is 9.86. The van der Waals surface area contributed by atoms with E-state index < -0.39 is 0 Å². The summed E-state index contributed by atoms with van der Waals surface area (Å²) in [6.45, 7) is 4.41. The van der Waals surface area contributed by atoms with Crippen molar-refractivity contribution >= 4 is 5.91 Å². The number of nitrogens with one attached hydrogen (secondary N) is 1. The van der Waals surface area contributed by atoms with Crippen molar-refractivity contribution in [1.82, 2.24) is 5.32 Å². The van der Waals surface area contributed by atoms with Crippen molar-refractivity contribution in [2.45, 2.75) is 26.7 Å². The summed E-state index contributed by atoms with van der Waals surface area (Å²) in [5.74, 6) is 0.0386. The van der Waals surface area contributed by atoms with Crippen molar-refractivity contribution in [3.05, 3.63) is 35.4 Å². The number of amides is 1. The molecule has 1 rings (SSSR count). The molecule has 0 unspecified atom stereocenters. The lowest BCUT2D eigenvalue weighted by atomic mass is 10.1. The van der Waals surface area contributed by atoms with Gasteiger partial charge in [-0.25, -0.2) is 0 Å². The van der Waals surface area contributed by atoms with Gasteiger partial charge in [0.1, 0.15) is 0 Å². The monoisotopic (exact) mass is 191 g/mol. The first-order chi connectivity index (χ1) is 6.72. The van der Waals surface area contributed by atoms with Crippen molar-refractivity contribution in [3.8, 4) is 0 Å². The lowest BCUT2D eigenvalue weighted by Gasteiger charge is -2.04. The molecular formula is C12H17NO. The predicted molar refractivity (Wildman–Crippen MR) is 58.2 cm³/mol. The van der Waals surface area contributed by atoms with Crippen LogP contribution >= 0.6 is 0 Å². The Kier molecular flexibility index (Phi) is 4.17. The number of carbonyl (C=O) groups is 1. The Morgan fingerprint density at radius 1 is 1.36 bits per heavy atom. The molecule has 1 aromatic carbocycles. The molecule has 0 aliphatic rings. The standard InChI is InChI=1S/C12H17NO/c1-3-11-5-4-6-12(9-11)7-8-13-10(2)14/h4-6,9H,3,7-8H2,1-2H3,(H,13,14). The van der Waals surface area contributed by atoms with Gasteiger partial charge in [0.25, 0.3) is 0 Å². The fraction of sp³-hybridized carbons (Fsp3) is 0.417. The molecule has 0 radical (unpaired) electrons. The summed E-state index contributed by atoms with van der Waals surface area (Å²) in [6.07, 6.45) is 1.97. The second-order valence-corrected chi connectivity index (χ2v) is 3.41. The van der Waals surface area contributed by atoms with Crippen molar-refractivity contribution < 1.29 is 4.79 Å². The Morgan fingerprint density at radius 3 is 2.71 bits per heavy atom. The molecule has 0 saturated carbocycles. The molecule has 2 heteroatoms. The van der Waals surface area contributed by atoms with Crippen molar-refractivity contribution in [1.29, 1.82) is 0 Å². The highest BCUT2D eigenvalue weighted by molar-refractivity contribution is 5.72. The maximum absolute atomic E-state index is 10.6. The van der Waals surface area contributed by atoms with Gasteiger partial charge in [0, 0.05) is 13.5 Å². The number of rotatable bonds is 4. The largest absolute Gasteiger partial charge is 0.356 e. The molecule has 76 valence electrons. The fourth-order valence-corrected chi connectivity index (χ4v) is 1.39. The second kappa shape index (κ2) is 5.43. The Labute approximate surface area is 85.3 Å². The Bertz CT molecular complexity index is 307. The zero-order chi connectivity index (χ0) is 10.4. The molecule has 0 saturated heterocycles. The molecule has 0 aliphatic carbocycles. The van der Waals surface area contributed by atoms with E-state index in [1.807, 2.05) is 0 Å². The second-order valence-electron chi connectivity index (χ2n) is 3.41. The number of aryl methyl sites for hydroxylation is 1. The summed E-state index contributed by atoms with van der Waals surface area (Å²) >= 11 is 0. The van der Waals surface area contributed by atoms with E-state index in [-0.39, 0.29) is 5.91 Å². The van der Waals surface area contributed by atoms with E-state index in [4.69, 9.17) is 0 Å². The van der Waals surface area contributed by atoms with E-state index in [1.54, 1.807) is 6.92 Å². The summed E-state index contributed by atoms with van der Waals surface area (Å²) in [6, 6.07) is 8.49. The third-order valence-corrected chi connectivity index (χ3v) is 2.19. The first-order valence-electron chi connectivity index (χ1n) is 5.04. The molecule has 0 heterocycles. The molecule has 1 amide bonds. The average Bonchev–Trinajstić information content (AvgIpc) is 2.18. The van der Waals surface area contributed by atoms with Crippen LogP contribution in [0.25, 0.3) is 0 Å². The SMILES string of the molecule is CCc1cccc(CCNC(C)=O)c1.